The van der Waals surface area contributed by atoms with Crippen molar-refractivity contribution in [3.8, 4) is 17.7 Å². The van der Waals surface area contributed by atoms with Gasteiger partial charge < -0.3 is 25.0 Å². The fraction of sp³-hybridized carbons (Fsp3) is 0.444. The van der Waals surface area contributed by atoms with E-state index in [9.17, 15) is 24.9 Å². The molecular weight excluding hydrogens is 462 g/mol. The van der Waals surface area contributed by atoms with Crippen LogP contribution in [0.15, 0.2) is 36.5 Å². The fourth-order valence-electron chi connectivity index (χ4n) is 4.06. The normalized spacial score (nSPS) is 19.3. The van der Waals surface area contributed by atoms with Gasteiger partial charge in [0.05, 0.1) is 18.2 Å². The SMILES string of the molecule is C[C@H](O)C#Cc1cnc2c(c1)C(=O)N([C@@H](C)CO)C[C@@H](C)[C@H](CN(C)Cc1cccc(C(=O)O)c1)O2. The first-order valence-electron chi connectivity index (χ1n) is 11.9. The van der Waals surface area contributed by atoms with E-state index in [1.807, 2.05) is 24.9 Å². The smallest absolute Gasteiger partial charge is 0.335 e. The molecule has 0 saturated heterocycles. The summed E-state index contributed by atoms with van der Waals surface area (Å²) in [4.78, 5) is 32.8. The summed E-state index contributed by atoms with van der Waals surface area (Å²) in [6.07, 6.45) is 0.354. The third-order valence-corrected chi connectivity index (χ3v) is 6.06. The lowest BCUT2D eigenvalue weighted by atomic mass is 9.99. The lowest BCUT2D eigenvalue weighted by Gasteiger charge is -2.37. The molecule has 0 unspecified atom stereocenters. The number of amides is 1. The Hall–Kier alpha value is -3.45. The third-order valence-electron chi connectivity index (χ3n) is 6.06. The van der Waals surface area contributed by atoms with Crippen LogP contribution < -0.4 is 4.74 Å². The predicted molar refractivity (Wildman–Crippen MR) is 134 cm³/mol. The molecule has 36 heavy (non-hydrogen) atoms. The van der Waals surface area contributed by atoms with Crippen LogP contribution in [0, 0.1) is 17.8 Å². The second kappa shape index (κ2) is 12.0. The van der Waals surface area contributed by atoms with Crippen LogP contribution in [0.25, 0.3) is 0 Å². The standard InChI is InChI=1S/C27H33N3O6/c1-17-13-30(18(2)16-31)26(33)23-11-20(9-8-19(3)32)12-28-25(23)36-24(17)15-29(4)14-21-6-5-7-22(10-21)27(34)35/h5-7,10-12,17-19,24,31-32H,13-16H2,1-4H3,(H,34,35)/t17-,18+,19+,24+/m1/s1. The van der Waals surface area contributed by atoms with Gasteiger partial charge in [-0.1, -0.05) is 30.9 Å². The Labute approximate surface area is 211 Å². The molecule has 9 nitrogen and oxygen atoms in total. The van der Waals surface area contributed by atoms with E-state index in [1.165, 1.54) is 6.20 Å². The number of hydrogen-bond acceptors (Lipinski definition) is 7. The van der Waals surface area contributed by atoms with Crippen LogP contribution in [0.1, 0.15) is 52.6 Å². The summed E-state index contributed by atoms with van der Waals surface area (Å²) in [5.41, 5.74) is 1.82. The fourth-order valence-corrected chi connectivity index (χ4v) is 4.06. The van der Waals surface area contributed by atoms with Gasteiger partial charge in [0.15, 0.2) is 0 Å². The molecule has 0 radical (unpaired) electrons. The Kier molecular flexibility index (Phi) is 9.04. The molecular formula is C27H33N3O6. The van der Waals surface area contributed by atoms with E-state index in [0.29, 0.717) is 25.2 Å². The molecule has 1 aliphatic heterocycles. The Morgan fingerprint density at radius 1 is 1.33 bits per heavy atom. The molecule has 3 rings (SSSR count). The molecule has 9 heteroatoms. The number of aromatic nitrogens is 1. The first kappa shape index (κ1) is 27.1. The largest absolute Gasteiger partial charge is 0.478 e. The van der Waals surface area contributed by atoms with Crippen molar-refractivity contribution in [2.45, 2.75) is 45.6 Å². The number of rotatable bonds is 7. The zero-order valence-corrected chi connectivity index (χ0v) is 21.0. The molecule has 1 aromatic carbocycles. The van der Waals surface area contributed by atoms with Crippen LogP contribution in [-0.2, 0) is 6.54 Å². The summed E-state index contributed by atoms with van der Waals surface area (Å²) in [5.74, 6) is 4.29. The molecule has 2 aromatic rings. The van der Waals surface area contributed by atoms with Crippen molar-refractivity contribution >= 4 is 11.9 Å². The van der Waals surface area contributed by atoms with Crippen LogP contribution in [0.4, 0.5) is 0 Å². The number of fused-ring (bicyclic) bond motifs is 1. The van der Waals surface area contributed by atoms with Crippen LogP contribution in [0.5, 0.6) is 5.88 Å². The van der Waals surface area contributed by atoms with E-state index in [4.69, 9.17) is 4.74 Å². The number of aliphatic hydroxyl groups is 2. The number of hydrogen-bond donors (Lipinski definition) is 3. The highest BCUT2D eigenvalue weighted by atomic mass is 16.5. The highest BCUT2D eigenvalue weighted by Crippen LogP contribution is 2.27. The number of pyridine rings is 1. The molecule has 0 spiro atoms. The minimum atomic E-state index is -0.973. The topological polar surface area (TPSA) is 123 Å². The van der Waals surface area contributed by atoms with Gasteiger partial charge in [-0.05, 0) is 44.7 Å². The number of likely N-dealkylation sites (N-methyl/N-ethyl adjacent to an activating group) is 1. The van der Waals surface area contributed by atoms with Gasteiger partial charge in [0.1, 0.15) is 17.8 Å². The predicted octanol–water partition coefficient (Wildman–Crippen LogP) is 1.86. The second-order valence-electron chi connectivity index (χ2n) is 9.35. The van der Waals surface area contributed by atoms with Crippen molar-refractivity contribution in [3.05, 3.63) is 58.8 Å². The van der Waals surface area contributed by atoms with Crippen LogP contribution in [0.2, 0.25) is 0 Å². The summed E-state index contributed by atoms with van der Waals surface area (Å²) < 4.78 is 6.28. The zero-order chi connectivity index (χ0) is 26.4. The van der Waals surface area contributed by atoms with Gasteiger partial charge in [-0.3, -0.25) is 9.69 Å². The molecule has 1 aliphatic rings. The number of carbonyl (C=O) groups excluding carboxylic acids is 1. The first-order chi connectivity index (χ1) is 17.1. The third kappa shape index (κ3) is 6.82. The molecule has 4 atom stereocenters. The first-order valence-corrected chi connectivity index (χ1v) is 11.9. The minimum Gasteiger partial charge on any atom is -0.478 e. The van der Waals surface area contributed by atoms with Gasteiger partial charge in [0, 0.05) is 37.3 Å². The Bertz CT molecular complexity index is 1160. The number of carbonyl (C=O) groups is 2. The summed E-state index contributed by atoms with van der Waals surface area (Å²) in [6.45, 7) is 6.52. The van der Waals surface area contributed by atoms with E-state index in [1.54, 1.807) is 43.0 Å². The number of aromatic carboxylic acids is 1. The quantitative estimate of drug-likeness (QED) is 0.498. The summed E-state index contributed by atoms with van der Waals surface area (Å²) in [5, 5.41) is 28.5. The lowest BCUT2D eigenvalue weighted by molar-refractivity contribution is 0.0324. The molecule has 0 saturated carbocycles. The summed E-state index contributed by atoms with van der Waals surface area (Å²) in [7, 11) is 1.92. The van der Waals surface area contributed by atoms with E-state index in [0.717, 1.165) is 5.56 Å². The van der Waals surface area contributed by atoms with Crippen molar-refractivity contribution in [1.82, 2.24) is 14.8 Å². The maximum atomic E-state index is 13.4. The van der Waals surface area contributed by atoms with Crippen LogP contribution in [-0.4, -0.2) is 87.0 Å². The van der Waals surface area contributed by atoms with Crippen molar-refractivity contribution in [2.75, 3.05) is 26.7 Å². The highest BCUT2D eigenvalue weighted by molar-refractivity contribution is 5.97. The molecule has 0 aliphatic carbocycles. The Morgan fingerprint density at radius 3 is 2.75 bits per heavy atom. The molecule has 1 amide bonds. The minimum absolute atomic E-state index is 0.0830. The average Bonchev–Trinajstić information content (AvgIpc) is 2.84. The van der Waals surface area contributed by atoms with Crippen molar-refractivity contribution in [3.63, 3.8) is 0 Å². The van der Waals surface area contributed by atoms with Gasteiger partial charge in [-0.25, -0.2) is 9.78 Å². The Morgan fingerprint density at radius 2 is 2.08 bits per heavy atom. The van der Waals surface area contributed by atoms with Gasteiger partial charge >= 0.3 is 5.97 Å². The summed E-state index contributed by atoms with van der Waals surface area (Å²) >= 11 is 0. The van der Waals surface area contributed by atoms with Crippen LogP contribution in [0.3, 0.4) is 0 Å². The number of carboxylic acids is 1. The van der Waals surface area contributed by atoms with Crippen molar-refractivity contribution in [2.24, 2.45) is 5.92 Å². The van der Waals surface area contributed by atoms with Gasteiger partial charge in [0.25, 0.3) is 5.91 Å². The number of benzene rings is 1. The maximum absolute atomic E-state index is 13.4. The van der Waals surface area contributed by atoms with E-state index >= 15 is 0 Å². The second-order valence-corrected chi connectivity index (χ2v) is 9.35. The van der Waals surface area contributed by atoms with Crippen molar-refractivity contribution in [1.29, 1.82) is 0 Å². The zero-order valence-electron chi connectivity index (χ0n) is 21.0. The van der Waals surface area contributed by atoms with Gasteiger partial charge in [0.2, 0.25) is 5.88 Å². The number of ether oxygens (including phenoxy) is 1. The van der Waals surface area contributed by atoms with Gasteiger partial charge in [-0.2, -0.15) is 0 Å². The van der Waals surface area contributed by atoms with E-state index < -0.39 is 18.1 Å². The average molecular weight is 496 g/mol. The van der Waals surface area contributed by atoms with Gasteiger partial charge in [-0.15, -0.1) is 0 Å². The molecule has 2 heterocycles. The monoisotopic (exact) mass is 495 g/mol. The number of aliphatic hydroxyl groups excluding tert-OH is 2. The highest BCUT2D eigenvalue weighted by Gasteiger charge is 2.34. The molecule has 1 aromatic heterocycles. The lowest BCUT2D eigenvalue weighted by Crippen LogP contribution is -2.49. The number of nitrogens with zero attached hydrogens (tertiary/aromatic N) is 3. The molecule has 0 fully saturated rings. The Balaban J connectivity index is 1.89. The molecule has 192 valence electrons. The number of carboxylic acid groups (broad SMARTS) is 1. The maximum Gasteiger partial charge on any atom is 0.335 e. The van der Waals surface area contributed by atoms with Crippen molar-refractivity contribution < 1.29 is 29.6 Å². The van der Waals surface area contributed by atoms with Crippen LogP contribution >= 0.6 is 0 Å². The molecule has 3 N–H and O–H groups in total. The van der Waals surface area contributed by atoms with E-state index in [2.05, 4.69) is 16.8 Å². The molecule has 0 bridgehead atoms. The van der Waals surface area contributed by atoms with E-state index in [-0.39, 0.29) is 41.5 Å². The summed E-state index contributed by atoms with van der Waals surface area (Å²) in [6, 6.07) is 8.00.